The Morgan fingerprint density at radius 3 is 2.17 bits per heavy atom. The second kappa shape index (κ2) is 8.53. The number of carboxylic acid groups (broad SMARTS) is 1. The Kier molecular flexibility index (Phi) is 6.27. The van der Waals surface area contributed by atoms with Gasteiger partial charge in [0.2, 0.25) is 0 Å². The summed E-state index contributed by atoms with van der Waals surface area (Å²) < 4.78 is 12.1. The van der Waals surface area contributed by atoms with Gasteiger partial charge in [0.25, 0.3) is 0 Å². The van der Waals surface area contributed by atoms with Crippen molar-refractivity contribution in [2.45, 2.75) is 44.9 Å². The van der Waals surface area contributed by atoms with Crippen LogP contribution in [-0.4, -0.2) is 35.9 Å². The van der Waals surface area contributed by atoms with E-state index in [4.69, 9.17) is 9.31 Å². The first-order chi connectivity index (χ1) is 13.7. The van der Waals surface area contributed by atoms with Crippen LogP contribution in [0.15, 0.2) is 60.7 Å². The Bertz CT molecular complexity index is 846. The molecule has 0 aliphatic carbocycles. The van der Waals surface area contributed by atoms with E-state index in [2.05, 4.69) is 5.32 Å². The summed E-state index contributed by atoms with van der Waals surface area (Å²) in [5.41, 5.74) is 2.02. The molecule has 0 unspecified atom stereocenters. The van der Waals surface area contributed by atoms with Crippen LogP contribution < -0.4 is 10.8 Å². The number of hydrogen-bond acceptors (Lipinski definition) is 4. The molecule has 0 bridgehead atoms. The van der Waals surface area contributed by atoms with E-state index in [1.54, 1.807) is 0 Å². The first kappa shape index (κ1) is 21.3. The number of nitrogens with one attached hydrogen (secondary N) is 1. The maximum atomic E-state index is 11.5. The van der Waals surface area contributed by atoms with Crippen molar-refractivity contribution in [3.63, 3.8) is 0 Å². The predicted molar refractivity (Wildman–Crippen MR) is 116 cm³/mol. The standard InChI is InChI=1S/C23H28BNO4/c1-22(2)23(3,4)29-24(28-22)19-14-12-17(13-15-19)9-8-16-25-20(21(26)27)18-10-6-5-7-11-18/h5-15,20,25H,16H2,1-4H3,(H,26,27)/t20-/m0/s1. The minimum absolute atomic E-state index is 0.360. The first-order valence-electron chi connectivity index (χ1n) is 9.83. The number of benzene rings is 2. The van der Waals surface area contributed by atoms with Crippen LogP contribution >= 0.6 is 0 Å². The number of rotatable bonds is 7. The smallest absolute Gasteiger partial charge is 0.480 e. The van der Waals surface area contributed by atoms with Crippen molar-refractivity contribution in [1.82, 2.24) is 5.32 Å². The Morgan fingerprint density at radius 2 is 1.62 bits per heavy atom. The van der Waals surface area contributed by atoms with E-state index in [1.165, 1.54) is 0 Å². The fourth-order valence-corrected chi connectivity index (χ4v) is 3.12. The second-order valence-corrected chi connectivity index (χ2v) is 8.25. The summed E-state index contributed by atoms with van der Waals surface area (Å²) in [6, 6.07) is 16.4. The van der Waals surface area contributed by atoms with Gasteiger partial charge in [0.1, 0.15) is 6.04 Å². The Hall–Kier alpha value is -2.41. The number of carboxylic acids is 1. The van der Waals surface area contributed by atoms with Crippen LogP contribution in [0, 0.1) is 0 Å². The molecule has 2 N–H and O–H groups in total. The van der Waals surface area contributed by atoms with Gasteiger partial charge in [-0.1, -0.05) is 66.7 Å². The lowest BCUT2D eigenvalue weighted by Crippen LogP contribution is -2.41. The highest BCUT2D eigenvalue weighted by Gasteiger charge is 2.51. The Morgan fingerprint density at radius 1 is 1.03 bits per heavy atom. The van der Waals surface area contributed by atoms with Crippen molar-refractivity contribution in [2.75, 3.05) is 6.54 Å². The van der Waals surface area contributed by atoms with Crippen LogP contribution in [0.4, 0.5) is 0 Å². The molecule has 5 nitrogen and oxygen atoms in total. The molecule has 1 heterocycles. The summed E-state index contributed by atoms with van der Waals surface area (Å²) in [6.07, 6.45) is 3.88. The van der Waals surface area contributed by atoms with E-state index in [0.29, 0.717) is 6.54 Å². The number of aliphatic carboxylic acids is 1. The molecule has 1 fully saturated rings. The molecule has 2 aromatic carbocycles. The second-order valence-electron chi connectivity index (χ2n) is 8.25. The van der Waals surface area contributed by atoms with E-state index in [1.807, 2.05) is 94.4 Å². The monoisotopic (exact) mass is 393 g/mol. The third-order valence-corrected chi connectivity index (χ3v) is 5.59. The molecule has 2 aromatic rings. The normalized spacial score (nSPS) is 18.8. The Labute approximate surface area is 172 Å². The van der Waals surface area contributed by atoms with Crippen molar-refractivity contribution in [2.24, 2.45) is 0 Å². The van der Waals surface area contributed by atoms with Gasteiger partial charge in [-0.25, -0.2) is 0 Å². The average Bonchev–Trinajstić information content (AvgIpc) is 2.90. The minimum Gasteiger partial charge on any atom is -0.480 e. The molecule has 0 spiro atoms. The third-order valence-electron chi connectivity index (χ3n) is 5.59. The van der Waals surface area contributed by atoms with Crippen LogP contribution in [0.2, 0.25) is 0 Å². The van der Waals surface area contributed by atoms with Crippen LogP contribution in [0.25, 0.3) is 6.08 Å². The molecule has 0 aromatic heterocycles. The van der Waals surface area contributed by atoms with Gasteiger partial charge in [0.05, 0.1) is 11.2 Å². The molecule has 1 saturated heterocycles. The molecule has 1 aliphatic heterocycles. The van der Waals surface area contributed by atoms with Gasteiger partial charge in [-0.2, -0.15) is 0 Å². The van der Waals surface area contributed by atoms with Crippen LogP contribution in [0.1, 0.15) is 44.9 Å². The molecular formula is C23H28BNO4. The summed E-state index contributed by atoms with van der Waals surface area (Å²) in [7, 11) is -0.373. The molecule has 0 saturated carbocycles. The largest absolute Gasteiger partial charge is 0.494 e. The van der Waals surface area contributed by atoms with Gasteiger partial charge in [-0.3, -0.25) is 10.1 Å². The molecule has 0 amide bonds. The summed E-state index contributed by atoms with van der Waals surface area (Å²) in [4.78, 5) is 11.5. The minimum atomic E-state index is -0.892. The quantitative estimate of drug-likeness (QED) is 0.706. The number of hydrogen-bond donors (Lipinski definition) is 2. The van der Waals surface area contributed by atoms with Crippen LogP contribution in [-0.2, 0) is 14.1 Å². The number of carbonyl (C=O) groups is 1. The van der Waals surface area contributed by atoms with Gasteiger partial charge in [0.15, 0.2) is 0 Å². The van der Waals surface area contributed by atoms with Crippen molar-refractivity contribution < 1.29 is 19.2 Å². The van der Waals surface area contributed by atoms with Crippen LogP contribution in [0.3, 0.4) is 0 Å². The van der Waals surface area contributed by atoms with Gasteiger partial charge < -0.3 is 14.4 Å². The highest BCUT2D eigenvalue weighted by molar-refractivity contribution is 6.62. The zero-order valence-electron chi connectivity index (χ0n) is 17.4. The zero-order chi connectivity index (χ0) is 21.1. The summed E-state index contributed by atoms with van der Waals surface area (Å²) in [5, 5.41) is 12.5. The maximum absolute atomic E-state index is 11.5. The van der Waals surface area contributed by atoms with Crippen molar-refractivity contribution in [3.05, 3.63) is 71.8 Å². The topological polar surface area (TPSA) is 67.8 Å². The zero-order valence-corrected chi connectivity index (χ0v) is 17.4. The summed E-state index contributed by atoms with van der Waals surface area (Å²) in [5.74, 6) is -0.892. The highest BCUT2D eigenvalue weighted by Crippen LogP contribution is 2.36. The first-order valence-corrected chi connectivity index (χ1v) is 9.83. The van der Waals surface area contributed by atoms with Crippen molar-refractivity contribution >= 4 is 24.6 Å². The lowest BCUT2D eigenvalue weighted by Gasteiger charge is -2.32. The molecule has 3 rings (SSSR count). The maximum Gasteiger partial charge on any atom is 0.494 e. The fraction of sp³-hybridized carbons (Fsp3) is 0.348. The lowest BCUT2D eigenvalue weighted by molar-refractivity contribution is -0.139. The molecule has 1 aliphatic rings. The van der Waals surface area contributed by atoms with Gasteiger partial charge >= 0.3 is 13.1 Å². The van der Waals surface area contributed by atoms with Gasteiger partial charge in [0, 0.05) is 6.54 Å². The van der Waals surface area contributed by atoms with E-state index in [-0.39, 0.29) is 18.3 Å². The third kappa shape index (κ3) is 4.96. The van der Waals surface area contributed by atoms with Crippen molar-refractivity contribution in [3.8, 4) is 0 Å². The summed E-state index contributed by atoms with van der Waals surface area (Å²) >= 11 is 0. The predicted octanol–water partition coefficient (Wildman–Crippen LogP) is 3.41. The molecule has 29 heavy (non-hydrogen) atoms. The van der Waals surface area contributed by atoms with Gasteiger partial charge in [-0.15, -0.1) is 0 Å². The van der Waals surface area contributed by atoms with E-state index >= 15 is 0 Å². The fourth-order valence-electron chi connectivity index (χ4n) is 3.12. The summed E-state index contributed by atoms with van der Waals surface area (Å²) in [6.45, 7) is 8.60. The van der Waals surface area contributed by atoms with E-state index in [9.17, 15) is 9.90 Å². The van der Waals surface area contributed by atoms with E-state index in [0.717, 1.165) is 16.6 Å². The van der Waals surface area contributed by atoms with Crippen LogP contribution in [0.5, 0.6) is 0 Å². The average molecular weight is 393 g/mol. The molecule has 0 radical (unpaired) electrons. The lowest BCUT2D eigenvalue weighted by atomic mass is 9.79. The highest BCUT2D eigenvalue weighted by atomic mass is 16.7. The SMILES string of the molecule is CC1(C)OB(c2ccc(C=CCN[C@H](C(=O)O)c3ccccc3)cc2)OC1(C)C. The Balaban J connectivity index is 1.57. The molecule has 6 heteroatoms. The van der Waals surface area contributed by atoms with E-state index < -0.39 is 12.0 Å². The molecule has 1 atom stereocenters. The van der Waals surface area contributed by atoms with Crippen molar-refractivity contribution in [1.29, 1.82) is 0 Å². The van der Waals surface area contributed by atoms with Gasteiger partial charge in [-0.05, 0) is 44.3 Å². The molecular weight excluding hydrogens is 365 g/mol. The molecule has 152 valence electrons.